The summed E-state index contributed by atoms with van der Waals surface area (Å²) in [5.74, 6) is 0.978. The third-order valence-electron chi connectivity index (χ3n) is 3.99. The summed E-state index contributed by atoms with van der Waals surface area (Å²) in [6, 6.07) is 11.3. The Hall–Kier alpha value is -1.81. The maximum absolute atomic E-state index is 4.33. The Morgan fingerprint density at radius 1 is 1.20 bits per heavy atom. The van der Waals surface area contributed by atoms with Crippen molar-refractivity contribution in [1.29, 1.82) is 0 Å². The van der Waals surface area contributed by atoms with Crippen LogP contribution in [-0.4, -0.2) is 33.6 Å². The van der Waals surface area contributed by atoms with E-state index in [2.05, 4.69) is 45.5 Å². The van der Waals surface area contributed by atoms with Crippen molar-refractivity contribution in [3.05, 3.63) is 48.3 Å². The zero-order chi connectivity index (χ0) is 13.8. The molecule has 1 saturated heterocycles. The Labute approximate surface area is 120 Å². The Morgan fingerprint density at radius 3 is 2.60 bits per heavy atom. The van der Waals surface area contributed by atoms with Gasteiger partial charge in [0.25, 0.3) is 0 Å². The van der Waals surface area contributed by atoms with Crippen molar-refractivity contribution in [2.24, 2.45) is 7.05 Å². The van der Waals surface area contributed by atoms with Crippen LogP contribution in [0.2, 0.25) is 0 Å². The SMILES string of the molecule is Cn1ccnc1NC1CCN(Cc2ccccc2)CC1. The highest BCUT2D eigenvalue weighted by molar-refractivity contribution is 5.27. The quantitative estimate of drug-likeness (QED) is 0.926. The lowest BCUT2D eigenvalue weighted by atomic mass is 10.0. The average Bonchev–Trinajstić information content (AvgIpc) is 2.88. The van der Waals surface area contributed by atoms with E-state index in [-0.39, 0.29) is 0 Å². The summed E-state index contributed by atoms with van der Waals surface area (Å²) in [5.41, 5.74) is 1.41. The predicted octanol–water partition coefficient (Wildman–Crippen LogP) is 2.50. The molecule has 1 aliphatic rings. The van der Waals surface area contributed by atoms with E-state index in [4.69, 9.17) is 0 Å². The molecule has 0 atom stereocenters. The molecule has 20 heavy (non-hydrogen) atoms. The van der Waals surface area contributed by atoms with E-state index in [9.17, 15) is 0 Å². The molecule has 1 aromatic heterocycles. The molecule has 0 bridgehead atoms. The first-order valence-electron chi connectivity index (χ1n) is 7.31. The first-order valence-corrected chi connectivity index (χ1v) is 7.31. The molecule has 4 nitrogen and oxygen atoms in total. The summed E-state index contributed by atoms with van der Waals surface area (Å²) < 4.78 is 2.04. The van der Waals surface area contributed by atoms with Gasteiger partial charge in [-0.15, -0.1) is 0 Å². The van der Waals surface area contributed by atoms with Crippen LogP contribution in [-0.2, 0) is 13.6 Å². The molecule has 0 amide bonds. The lowest BCUT2D eigenvalue weighted by Gasteiger charge is -2.32. The van der Waals surface area contributed by atoms with Crippen LogP contribution in [0.4, 0.5) is 5.95 Å². The molecule has 2 heterocycles. The molecule has 1 aromatic carbocycles. The third kappa shape index (κ3) is 3.20. The van der Waals surface area contributed by atoms with E-state index < -0.39 is 0 Å². The van der Waals surface area contributed by atoms with Crippen molar-refractivity contribution in [2.75, 3.05) is 18.4 Å². The van der Waals surface area contributed by atoms with Gasteiger partial charge in [0, 0.05) is 45.1 Å². The predicted molar refractivity (Wildman–Crippen MR) is 81.6 cm³/mol. The normalized spacial score (nSPS) is 17.2. The van der Waals surface area contributed by atoms with E-state index in [1.54, 1.807) is 0 Å². The number of benzene rings is 1. The summed E-state index contributed by atoms with van der Waals surface area (Å²) in [6.45, 7) is 3.37. The highest BCUT2D eigenvalue weighted by Crippen LogP contribution is 2.17. The van der Waals surface area contributed by atoms with Crippen LogP contribution in [0.15, 0.2) is 42.7 Å². The minimum absolute atomic E-state index is 0.545. The second-order valence-electron chi connectivity index (χ2n) is 5.54. The fourth-order valence-electron chi connectivity index (χ4n) is 2.76. The Bertz CT molecular complexity index is 526. The van der Waals surface area contributed by atoms with Crippen molar-refractivity contribution in [3.63, 3.8) is 0 Å². The summed E-state index contributed by atoms with van der Waals surface area (Å²) >= 11 is 0. The van der Waals surface area contributed by atoms with Gasteiger partial charge < -0.3 is 9.88 Å². The molecule has 0 spiro atoms. The molecule has 0 unspecified atom stereocenters. The van der Waals surface area contributed by atoms with Crippen molar-refractivity contribution < 1.29 is 0 Å². The number of imidazole rings is 1. The van der Waals surface area contributed by atoms with Gasteiger partial charge in [0.15, 0.2) is 0 Å². The minimum atomic E-state index is 0.545. The second kappa shape index (κ2) is 6.09. The van der Waals surface area contributed by atoms with Gasteiger partial charge in [0.05, 0.1) is 0 Å². The van der Waals surface area contributed by atoms with Crippen LogP contribution in [0.5, 0.6) is 0 Å². The monoisotopic (exact) mass is 270 g/mol. The number of aromatic nitrogens is 2. The first kappa shape index (κ1) is 13.2. The first-order chi connectivity index (χ1) is 9.81. The van der Waals surface area contributed by atoms with Crippen molar-refractivity contribution in [3.8, 4) is 0 Å². The number of anilines is 1. The van der Waals surface area contributed by atoms with Gasteiger partial charge in [-0.05, 0) is 18.4 Å². The highest BCUT2D eigenvalue weighted by atomic mass is 15.2. The standard InChI is InChI=1S/C16H22N4/c1-19-12-9-17-16(19)18-15-7-10-20(11-8-15)13-14-5-3-2-4-6-14/h2-6,9,12,15H,7-8,10-11,13H2,1H3,(H,17,18). The van der Waals surface area contributed by atoms with Crippen LogP contribution in [0.25, 0.3) is 0 Å². The zero-order valence-corrected chi connectivity index (χ0v) is 12.0. The van der Waals surface area contributed by atoms with Gasteiger partial charge in [0.2, 0.25) is 5.95 Å². The van der Waals surface area contributed by atoms with Crippen molar-refractivity contribution in [2.45, 2.75) is 25.4 Å². The maximum atomic E-state index is 4.33. The minimum Gasteiger partial charge on any atom is -0.353 e. The summed E-state index contributed by atoms with van der Waals surface area (Å²) in [4.78, 5) is 6.87. The molecular weight excluding hydrogens is 248 g/mol. The van der Waals surface area contributed by atoms with Gasteiger partial charge >= 0.3 is 0 Å². The largest absolute Gasteiger partial charge is 0.353 e. The Morgan fingerprint density at radius 2 is 1.95 bits per heavy atom. The lowest BCUT2D eigenvalue weighted by Crippen LogP contribution is -2.39. The zero-order valence-electron chi connectivity index (χ0n) is 12.0. The number of piperidine rings is 1. The van der Waals surface area contributed by atoms with Crippen molar-refractivity contribution >= 4 is 5.95 Å². The number of nitrogens with one attached hydrogen (secondary N) is 1. The molecule has 2 aromatic rings. The van der Waals surface area contributed by atoms with E-state index in [1.807, 2.05) is 24.0 Å². The van der Waals surface area contributed by atoms with Gasteiger partial charge in [-0.1, -0.05) is 30.3 Å². The molecule has 3 rings (SSSR count). The fourth-order valence-corrected chi connectivity index (χ4v) is 2.76. The molecule has 0 radical (unpaired) electrons. The van der Waals surface area contributed by atoms with Crippen LogP contribution >= 0.6 is 0 Å². The highest BCUT2D eigenvalue weighted by Gasteiger charge is 2.19. The molecule has 106 valence electrons. The number of hydrogen-bond acceptors (Lipinski definition) is 3. The van der Waals surface area contributed by atoms with Crippen LogP contribution in [0, 0.1) is 0 Å². The Balaban J connectivity index is 1.49. The van der Waals surface area contributed by atoms with Gasteiger partial charge in [0.1, 0.15) is 0 Å². The summed E-state index contributed by atoms with van der Waals surface area (Å²) in [7, 11) is 2.03. The summed E-state index contributed by atoms with van der Waals surface area (Å²) in [6.07, 6.45) is 6.18. The second-order valence-corrected chi connectivity index (χ2v) is 5.54. The smallest absolute Gasteiger partial charge is 0.202 e. The van der Waals surface area contributed by atoms with E-state index >= 15 is 0 Å². The summed E-state index contributed by atoms with van der Waals surface area (Å²) in [5, 5.41) is 3.54. The van der Waals surface area contributed by atoms with Gasteiger partial charge in [-0.2, -0.15) is 0 Å². The molecule has 1 aliphatic heterocycles. The fraction of sp³-hybridized carbons (Fsp3) is 0.438. The topological polar surface area (TPSA) is 33.1 Å². The lowest BCUT2D eigenvalue weighted by molar-refractivity contribution is 0.211. The van der Waals surface area contributed by atoms with Crippen LogP contribution in [0.1, 0.15) is 18.4 Å². The molecule has 0 aliphatic carbocycles. The maximum Gasteiger partial charge on any atom is 0.202 e. The van der Waals surface area contributed by atoms with Gasteiger partial charge in [-0.25, -0.2) is 4.98 Å². The number of likely N-dealkylation sites (tertiary alicyclic amines) is 1. The van der Waals surface area contributed by atoms with Gasteiger partial charge in [-0.3, -0.25) is 4.90 Å². The van der Waals surface area contributed by atoms with Crippen LogP contribution < -0.4 is 5.32 Å². The molecule has 0 saturated carbocycles. The number of aryl methyl sites for hydroxylation is 1. The number of nitrogens with zero attached hydrogens (tertiary/aromatic N) is 3. The molecular formula is C16H22N4. The molecule has 4 heteroatoms. The van der Waals surface area contributed by atoms with E-state index in [1.165, 1.54) is 18.4 Å². The van der Waals surface area contributed by atoms with E-state index in [0.29, 0.717) is 6.04 Å². The van der Waals surface area contributed by atoms with E-state index in [0.717, 1.165) is 25.6 Å². The molecule has 1 N–H and O–H groups in total. The van der Waals surface area contributed by atoms with Crippen LogP contribution in [0.3, 0.4) is 0 Å². The average molecular weight is 270 g/mol. The number of rotatable bonds is 4. The molecule has 1 fully saturated rings. The Kier molecular flexibility index (Phi) is 4.02. The third-order valence-corrected chi connectivity index (χ3v) is 3.99. The van der Waals surface area contributed by atoms with Crippen molar-refractivity contribution in [1.82, 2.24) is 14.5 Å². The number of hydrogen-bond donors (Lipinski definition) is 1.